The summed E-state index contributed by atoms with van der Waals surface area (Å²) in [7, 11) is 0. The third-order valence-electron chi connectivity index (χ3n) is 9.13. The van der Waals surface area contributed by atoms with E-state index in [1.807, 2.05) is 0 Å². The van der Waals surface area contributed by atoms with Crippen molar-refractivity contribution in [2.24, 2.45) is 0 Å². The molecule has 0 amide bonds. The van der Waals surface area contributed by atoms with Gasteiger partial charge in [0.25, 0.3) is 0 Å². The first-order valence-electron chi connectivity index (χ1n) is 19.8. The van der Waals surface area contributed by atoms with Crippen molar-refractivity contribution in [1.82, 2.24) is 0 Å². The Labute approximate surface area is 404 Å². The van der Waals surface area contributed by atoms with Gasteiger partial charge in [0, 0.05) is 17.4 Å². The van der Waals surface area contributed by atoms with Crippen molar-refractivity contribution in [1.29, 1.82) is 0 Å². The summed E-state index contributed by atoms with van der Waals surface area (Å²) in [4.78, 5) is 0. The molecule has 0 aromatic heterocycles. The van der Waals surface area contributed by atoms with Crippen molar-refractivity contribution in [2.75, 3.05) is 0 Å². The van der Waals surface area contributed by atoms with E-state index in [2.05, 4.69) is 293 Å². The van der Waals surface area contributed by atoms with Gasteiger partial charge in [0.2, 0.25) is 0 Å². The predicted molar refractivity (Wildman–Crippen MR) is 264 cm³/mol. The van der Waals surface area contributed by atoms with E-state index in [1.54, 1.807) is 0 Å². The topological polar surface area (TPSA) is 59.7 Å². The molecule has 9 rings (SSSR count). The molecule has 3 nitrogen and oxygen atoms in total. The molecule has 0 N–H and O–H groups in total. The predicted octanol–water partition coefficient (Wildman–Crippen LogP) is 6.49. The van der Waals surface area contributed by atoms with Gasteiger partial charge in [0.1, 0.15) is 0 Å². The van der Waals surface area contributed by atoms with Gasteiger partial charge >= 0.3 is 390 Å². The zero-order chi connectivity index (χ0) is 44.7. The molecule has 0 saturated carbocycles. The van der Waals surface area contributed by atoms with E-state index in [0.717, 1.165) is 0 Å². The molecule has 0 aliphatic heterocycles. The Bertz CT molecular complexity index is 2010. The monoisotopic (exact) mass is 1050 g/mol. The molecule has 9 aromatic carbocycles. The molecule has 0 bridgehead atoms. The van der Waals surface area contributed by atoms with Crippen LogP contribution in [-0.4, -0.2) is 44.0 Å². The summed E-state index contributed by atoms with van der Waals surface area (Å²) < 4.78 is 35.8. The average molecular weight is 1050 g/mol. The van der Waals surface area contributed by atoms with Crippen LogP contribution in [0.2, 0.25) is 0 Å². The molecule has 9 aromatic rings. The fourth-order valence-electron chi connectivity index (χ4n) is 6.54. The third kappa shape index (κ3) is 16.5. The van der Waals surface area contributed by atoms with Crippen LogP contribution in [0.25, 0.3) is 0 Å². The minimum absolute atomic E-state index is 0. The summed E-state index contributed by atoms with van der Waals surface area (Å²) in [5.41, 5.74) is 0. The van der Waals surface area contributed by atoms with Gasteiger partial charge in [-0.05, 0) is 0 Å². The normalized spacial score (nSPS) is 9.52. The Kier molecular flexibility index (Phi) is 26.5. The van der Waals surface area contributed by atoms with Crippen molar-refractivity contribution in [3.05, 3.63) is 293 Å². The SMILES string of the molecule is [C-]#[O+].[C-]#[O+].[C-]#[O+].[Cr].c1ccc([As](c2ccccc2)c2ccccc2)cc1.c1ccc([As](c2ccccc2)c2ccccc2)cc1.c1ccc([As](c2ccccc2)c2ccccc2)cc1. The van der Waals surface area contributed by atoms with E-state index in [-0.39, 0.29) is 17.4 Å². The minimum atomic E-state index is -1.39. The van der Waals surface area contributed by atoms with Gasteiger partial charge in [-0.25, -0.2) is 0 Å². The van der Waals surface area contributed by atoms with Gasteiger partial charge in [-0.2, -0.15) is 0 Å². The van der Waals surface area contributed by atoms with Crippen LogP contribution in [0.1, 0.15) is 0 Å². The molecule has 312 valence electrons. The number of rotatable bonds is 9. The van der Waals surface area contributed by atoms with Crippen LogP contribution in [0.5, 0.6) is 0 Å². The van der Waals surface area contributed by atoms with Crippen molar-refractivity contribution in [3.63, 3.8) is 0 Å². The Morgan fingerprint density at radius 2 is 0.250 bits per heavy atom. The fourth-order valence-corrected chi connectivity index (χ4v) is 21.0. The molecule has 0 fully saturated rings. The van der Waals surface area contributed by atoms with Crippen LogP contribution >= 0.6 is 0 Å². The van der Waals surface area contributed by atoms with E-state index >= 15 is 0 Å². The summed E-state index contributed by atoms with van der Waals surface area (Å²) in [5.74, 6) is 0. The van der Waals surface area contributed by atoms with Crippen LogP contribution in [0, 0.1) is 20.0 Å². The second kappa shape index (κ2) is 32.1. The quantitative estimate of drug-likeness (QED) is 0.0903. The first-order valence-corrected chi connectivity index (χ1v) is 28.3. The number of hydrogen-bond donors (Lipinski definition) is 0. The first kappa shape index (κ1) is 52.8. The summed E-state index contributed by atoms with van der Waals surface area (Å²) in [5, 5.41) is 0. The molecular formula is C57H45As3CrO3. The van der Waals surface area contributed by atoms with Crippen LogP contribution in [-0.2, 0) is 31.3 Å². The van der Waals surface area contributed by atoms with E-state index in [0.29, 0.717) is 0 Å². The maximum absolute atomic E-state index is 7.50. The van der Waals surface area contributed by atoms with E-state index in [4.69, 9.17) is 14.0 Å². The van der Waals surface area contributed by atoms with E-state index < -0.39 is 44.0 Å². The molecule has 0 radical (unpaired) electrons. The first-order chi connectivity index (χ1) is 31.3. The van der Waals surface area contributed by atoms with Gasteiger partial charge in [-0.3, -0.25) is 0 Å². The Morgan fingerprint density at radius 1 is 0.172 bits per heavy atom. The Hall–Kier alpha value is -5.59. The van der Waals surface area contributed by atoms with Crippen molar-refractivity contribution >= 4 is 83.1 Å². The summed E-state index contributed by atoms with van der Waals surface area (Å²) in [6.45, 7) is 13.5. The Morgan fingerprint density at radius 3 is 0.328 bits per heavy atom. The van der Waals surface area contributed by atoms with Gasteiger partial charge in [-0.1, -0.05) is 0 Å². The second-order valence-electron chi connectivity index (χ2n) is 13.0. The molecule has 64 heavy (non-hydrogen) atoms. The molecule has 7 heteroatoms. The summed E-state index contributed by atoms with van der Waals surface area (Å²) in [6, 6.07) is 98.1. The van der Waals surface area contributed by atoms with E-state index in [9.17, 15) is 0 Å². The van der Waals surface area contributed by atoms with Gasteiger partial charge in [-0.15, -0.1) is 0 Å². The second-order valence-corrected chi connectivity index (χ2v) is 27.0. The molecule has 0 aliphatic carbocycles. The average Bonchev–Trinajstić information content (AvgIpc) is 3.39. The molecule has 0 spiro atoms. The van der Waals surface area contributed by atoms with Crippen LogP contribution < -0.4 is 39.2 Å². The summed E-state index contributed by atoms with van der Waals surface area (Å²) >= 11 is -4.17. The fraction of sp³-hybridized carbons (Fsp3) is 0. The van der Waals surface area contributed by atoms with Crippen molar-refractivity contribution in [2.45, 2.75) is 0 Å². The maximum atomic E-state index is 7.50. The Balaban J connectivity index is 0.000000239. The standard InChI is InChI=1S/3C18H15As.3CO.Cr/c3*1-4-10-16(11-5-1)19(17-12-6-2-7-13-17)18-14-8-3-9-15-18;3*1-2;/h3*1-15H;;;;. The molecule has 0 heterocycles. The third-order valence-corrected chi connectivity index (χ3v) is 24.5. The molecule has 0 aliphatic rings. The van der Waals surface area contributed by atoms with E-state index in [1.165, 1.54) is 39.2 Å². The van der Waals surface area contributed by atoms with Crippen LogP contribution in [0.4, 0.5) is 0 Å². The summed E-state index contributed by atoms with van der Waals surface area (Å²) in [6.07, 6.45) is 0. The van der Waals surface area contributed by atoms with Gasteiger partial charge < -0.3 is 0 Å². The molecular weight excluding hydrogens is 1010 g/mol. The van der Waals surface area contributed by atoms with Crippen molar-refractivity contribution < 1.29 is 31.3 Å². The molecule has 0 saturated heterocycles. The van der Waals surface area contributed by atoms with Crippen LogP contribution in [0.3, 0.4) is 0 Å². The van der Waals surface area contributed by atoms with Gasteiger partial charge in [0.15, 0.2) is 0 Å². The van der Waals surface area contributed by atoms with Crippen molar-refractivity contribution in [3.8, 4) is 0 Å². The molecule has 0 unspecified atom stereocenters. The zero-order valence-electron chi connectivity index (χ0n) is 35.0. The van der Waals surface area contributed by atoms with Crippen LogP contribution in [0.15, 0.2) is 273 Å². The number of benzene rings is 9. The van der Waals surface area contributed by atoms with Gasteiger partial charge in [0.05, 0.1) is 0 Å². The molecule has 0 atom stereocenters. The number of hydrogen-bond acceptors (Lipinski definition) is 0. The zero-order valence-corrected chi connectivity index (χ0v) is 41.9.